The molecule has 2 nitrogen and oxygen atoms in total. The molecule has 0 amide bonds. The van der Waals surface area contributed by atoms with Gasteiger partial charge in [0.2, 0.25) is 0 Å². The molecular weight excluding hydrogens is 324 g/mol. The molecule has 0 bridgehead atoms. The van der Waals surface area contributed by atoms with Crippen LogP contribution < -0.4 is 10.7 Å². The monoisotopic (exact) mass is 336 g/mol. The van der Waals surface area contributed by atoms with Crippen molar-refractivity contribution in [2.45, 2.75) is 0 Å². The fourth-order valence-electron chi connectivity index (χ4n) is 3.71. The summed E-state index contributed by atoms with van der Waals surface area (Å²) in [6.45, 7) is 0. The first kappa shape index (κ1) is 13.3. The Labute approximate surface area is 147 Å². The number of nitrogens with zero attached hydrogens (tertiary/aromatic N) is 2. The van der Waals surface area contributed by atoms with E-state index in [0.717, 1.165) is 16.4 Å². The number of para-hydroxylation sites is 1. The van der Waals surface area contributed by atoms with Crippen LogP contribution in [0.2, 0.25) is 0 Å². The quantitative estimate of drug-likeness (QED) is 0.431. The highest BCUT2D eigenvalue weighted by Gasteiger charge is 2.20. The average Bonchev–Trinajstić information content (AvgIpc) is 3.34. The lowest BCUT2D eigenvalue weighted by molar-refractivity contribution is 1.33. The van der Waals surface area contributed by atoms with Gasteiger partial charge in [0.05, 0.1) is 16.4 Å². The second kappa shape index (κ2) is 4.74. The smallest absolute Gasteiger partial charge is 0.0817 e. The van der Waals surface area contributed by atoms with Gasteiger partial charge in [-0.1, -0.05) is 36.4 Å². The first-order valence-electron chi connectivity index (χ1n) is 8.27. The number of hydrogen-bond donors (Lipinski definition) is 0. The minimum atomic E-state index is 1.02. The van der Waals surface area contributed by atoms with E-state index in [-0.39, 0.29) is 0 Å². The number of fused-ring (bicyclic) bond motifs is 5. The zero-order valence-electron chi connectivity index (χ0n) is 13.2. The van der Waals surface area contributed by atoms with Crippen molar-refractivity contribution in [1.29, 1.82) is 0 Å². The summed E-state index contributed by atoms with van der Waals surface area (Å²) >= 11 is 1.82. The molecule has 3 heterocycles. The molecule has 0 saturated carbocycles. The van der Waals surface area contributed by atoms with E-state index in [4.69, 9.17) is 4.99 Å². The maximum atomic E-state index is 4.92. The fourth-order valence-corrected chi connectivity index (χ4v) is 4.79. The summed E-state index contributed by atoms with van der Waals surface area (Å²) in [7, 11) is 0. The summed E-state index contributed by atoms with van der Waals surface area (Å²) in [6.07, 6.45) is 1.99. The third-order valence-electron chi connectivity index (χ3n) is 4.88. The van der Waals surface area contributed by atoms with Crippen LogP contribution in [0.25, 0.3) is 15.7 Å². The van der Waals surface area contributed by atoms with E-state index >= 15 is 0 Å². The summed E-state index contributed by atoms with van der Waals surface area (Å²) in [5, 5.41) is 5.77. The fraction of sp³-hybridized carbons (Fsp3) is 0. The van der Waals surface area contributed by atoms with Gasteiger partial charge in [-0.3, -0.25) is 4.99 Å². The van der Waals surface area contributed by atoms with Gasteiger partial charge in [0.15, 0.2) is 0 Å². The summed E-state index contributed by atoms with van der Waals surface area (Å²) in [5.74, 6) is 0. The van der Waals surface area contributed by atoms with Crippen LogP contribution in [0.5, 0.6) is 0 Å². The Kier molecular flexibility index (Phi) is 2.52. The average molecular weight is 336 g/mol. The molecular formula is C22H12N2S. The lowest BCUT2D eigenvalue weighted by Crippen LogP contribution is -2.04. The second-order valence-electron chi connectivity index (χ2n) is 6.31. The predicted octanol–water partition coefficient (Wildman–Crippen LogP) is 4.48. The Morgan fingerprint density at radius 1 is 0.760 bits per heavy atom. The van der Waals surface area contributed by atoms with E-state index in [9.17, 15) is 0 Å². The van der Waals surface area contributed by atoms with Gasteiger partial charge in [-0.2, -0.15) is 0 Å². The Balaban J connectivity index is 1.66. The van der Waals surface area contributed by atoms with E-state index in [1.54, 1.807) is 0 Å². The maximum absolute atomic E-state index is 4.92. The SMILES string of the molecule is C1=C(c2cc3ccccc3s2)c2c3c(ccc2=N1)=c1ccccc1=N3. The minimum Gasteiger partial charge on any atom is -0.255 e. The predicted molar refractivity (Wildman–Crippen MR) is 101 cm³/mol. The standard InChI is InChI=1S/C22H12N2S/c1-4-8-19-13(5-1)11-20(25-19)16-12-23-18-10-9-15-14-6-2-3-7-17(14)24-22(15)21(16)18/h1-12H. The second-order valence-corrected chi connectivity index (χ2v) is 7.39. The lowest BCUT2D eigenvalue weighted by atomic mass is 10.0. The molecule has 1 aromatic heterocycles. The lowest BCUT2D eigenvalue weighted by Gasteiger charge is -2.04. The highest BCUT2D eigenvalue weighted by Crippen LogP contribution is 2.38. The van der Waals surface area contributed by atoms with Crippen molar-refractivity contribution in [3.63, 3.8) is 0 Å². The Hall–Kier alpha value is -3.04. The van der Waals surface area contributed by atoms with Crippen LogP contribution in [0.3, 0.4) is 0 Å². The first-order valence-corrected chi connectivity index (χ1v) is 9.09. The molecule has 0 saturated heterocycles. The number of rotatable bonds is 1. The third-order valence-corrected chi connectivity index (χ3v) is 6.02. The van der Waals surface area contributed by atoms with Crippen molar-refractivity contribution in [3.05, 3.63) is 105 Å². The van der Waals surface area contributed by atoms with E-state index in [1.807, 2.05) is 23.6 Å². The summed E-state index contributed by atoms with van der Waals surface area (Å²) in [5.41, 5.74) is 3.41. The highest BCUT2D eigenvalue weighted by atomic mass is 32.1. The molecule has 0 N–H and O–H groups in total. The molecule has 4 aromatic rings. The molecule has 25 heavy (non-hydrogen) atoms. The summed E-state index contributed by atoms with van der Waals surface area (Å²) < 4.78 is 1.31. The molecule has 6 rings (SSSR count). The zero-order valence-corrected chi connectivity index (χ0v) is 14.0. The van der Waals surface area contributed by atoms with Gasteiger partial charge >= 0.3 is 0 Å². The van der Waals surface area contributed by atoms with Crippen molar-refractivity contribution in [1.82, 2.24) is 0 Å². The minimum absolute atomic E-state index is 1.02. The van der Waals surface area contributed by atoms with Crippen LogP contribution >= 0.6 is 11.3 Å². The van der Waals surface area contributed by atoms with Gasteiger partial charge < -0.3 is 0 Å². The normalized spacial score (nSPS) is 13.7. The van der Waals surface area contributed by atoms with E-state index in [2.05, 4.69) is 65.7 Å². The molecule has 3 heteroatoms. The van der Waals surface area contributed by atoms with Crippen molar-refractivity contribution >= 4 is 32.7 Å². The highest BCUT2D eigenvalue weighted by molar-refractivity contribution is 7.20. The topological polar surface area (TPSA) is 24.7 Å². The molecule has 3 aromatic carbocycles. The van der Waals surface area contributed by atoms with E-state index < -0.39 is 0 Å². The molecule has 2 aliphatic heterocycles. The van der Waals surface area contributed by atoms with Gasteiger partial charge in [0, 0.05) is 37.4 Å². The number of hydrogen-bond acceptors (Lipinski definition) is 3. The van der Waals surface area contributed by atoms with Gasteiger partial charge in [-0.05, 0) is 35.7 Å². The van der Waals surface area contributed by atoms with Gasteiger partial charge in [-0.25, -0.2) is 4.99 Å². The largest absolute Gasteiger partial charge is 0.255 e. The van der Waals surface area contributed by atoms with Crippen molar-refractivity contribution in [2.24, 2.45) is 9.98 Å². The first-order chi connectivity index (χ1) is 12.4. The van der Waals surface area contributed by atoms with Gasteiger partial charge in [-0.15, -0.1) is 11.3 Å². The summed E-state index contributed by atoms with van der Waals surface area (Å²) in [4.78, 5) is 10.8. The Morgan fingerprint density at radius 3 is 2.60 bits per heavy atom. The van der Waals surface area contributed by atoms with Crippen molar-refractivity contribution < 1.29 is 0 Å². The molecule has 0 unspecified atom stereocenters. The molecule has 0 spiro atoms. The molecule has 0 radical (unpaired) electrons. The van der Waals surface area contributed by atoms with Gasteiger partial charge in [0.25, 0.3) is 0 Å². The molecule has 0 atom stereocenters. The molecule has 0 aliphatic carbocycles. The van der Waals surface area contributed by atoms with Gasteiger partial charge in [0.1, 0.15) is 0 Å². The number of benzene rings is 3. The van der Waals surface area contributed by atoms with Crippen LogP contribution in [0.15, 0.2) is 82.9 Å². The van der Waals surface area contributed by atoms with Crippen LogP contribution in [0, 0.1) is 10.4 Å². The Bertz CT molecular complexity index is 1410. The van der Waals surface area contributed by atoms with Crippen molar-refractivity contribution in [3.8, 4) is 0 Å². The van der Waals surface area contributed by atoms with Crippen LogP contribution in [-0.2, 0) is 0 Å². The van der Waals surface area contributed by atoms with E-state index in [0.29, 0.717) is 0 Å². The third kappa shape index (κ3) is 1.79. The number of thiophene rings is 1. The van der Waals surface area contributed by atoms with Crippen LogP contribution in [0.1, 0.15) is 10.4 Å². The van der Waals surface area contributed by atoms with E-state index in [1.165, 1.54) is 36.5 Å². The Morgan fingerprint density at radius 2 is 1.64 bits per heavy atom. The molecule has 0 fully saturated rings. The van der Waals surface area contributed by atoms with Crippen LogP contribution in [0.4, 0.5) is 5.69 Å². The maximum Gasteiger partial charge on any atom is 0.0817 e. The van der Waals surface area contributed by atoms with Crippen LogP contribution in [-0.4, -0.2) is 0 Å². The summed E-state index contributed by atoms with van der Waals surface area (Å²) in [6, 6.07) is 23.4. The van der Waals surface area contributed by atoms with Crippen molar-refractivity contribution in [2.75, 3.05) is 0 Å². The molecule has 2 aliphatic rings. The zero-order chi connectivity index (χ0) is 16.4. The molecule has 116 valence electrons.